The van der Waals surface area contributed by atoms with E-state index in [4.69, 9.17) is 28.6 Å². The predicted octanol–water partition coefficient (Wildman–Crippen LogP) is 6.73. The van der Waals surface area contributed by atoms with E-state index in [-0.39, 0.29) is 72.7 Å². The fraction of sp³-hybridized carbons (Fsp3) is 0.333. The molecule has 0 heterocycles. The Morgan fingerprint density at radius 3 is 2.36 bits per heavy atom. The zero-order chi connectivity index (χ0) is 38.9. The Morgan fingerprint density at radius 1 is 1.02 bits per heavy atom. The quantitative estimate of drug-likeness (QED) is 0.0457. The van der Waals surface area contributed by atoms with Gasteiger partial charge in [-0.25, -0.2) is 9.36 Å². The first-order chi connectivity index (χ1) is 25.1. The van der Waals surface area contributed by atoms with Crippen LogP contribution in [0, 0.1) is 13.8 Å². The lowest BCUT2D eigenvalue weighted by Crippen LogP contribution is -2.17. The van der Waals surface area contributed by atoms with Gasteiger partial charge in [-0.1, -0.05) is 33.7 Å². The van der Waals surface area contributed by atoms with E-state index in [2.05, 4.69) is 5.32 Å². The number of fused-ring (bicyclic) bond motifs is 1. The summed E-state index contributed by atoms with van der Waals surface area (Å²) in [5, 5.41) is 11.6. The van der Waals surface area contributed by atoms with Crippen molar-refractivity contribution in [3.63, 3.8) is 0 Å². The molecule has 1 aliphatic carbocycles. The second kappa shape index (κ2) is 18.6. The first-order valence-electron chi connectivity index (χ1n) is 16.1. The number of phosphoric acid groups is 1. The van der Waals surface area contributed by atoms with Crippen LogP contribution in [0.3, 0.4) is 0 Å². The molecular formula is C36H40NO13PS2. The molecule has 0 saturated heterocycles. The molecule has 0 aliphatic heterocycles. The summed E-state index contributed by atoms with van der Waals surface area (Å²) in [5.74, 6) is -0.480. The summed E-state index contributed by atoms with van der Waals surface area (Å²) < 4.78 is 38.4. The molecule has 1 aliphatic rings. The van der Waals surface area contributed by atoms with Crippen LogP contribution in [0.25, 0.3) is 6.08 Å². The van der Waals surface area contributed by atoms with Crippen LogP contribution in [0.2, 0.25) is 0 Å². The Kier molecular flexibility index (Phi) is 14.6. The summed E-state index contributed by atoms with van der Waals surface area (Å²) in [6, 6.07) is 10.4. The number of rotatable bonds is 18. The lowest BCUT2D eigenvalue weighted by atomic mass is 10.0. The van der Waals surface area contributed by atoms with Crippen LogP contribution < -0.4 is 19.3 Å². The number of carbonyl (C=O) groups excluding carboxylic acids is 3. The number of aliphatic carboxylic acids is 1. The molecule has 4 rings (SSSR count). The molecule has 0 fully saturated rings. The van der Waals surface area contributed by atoms with Gasteiger partial charge in [-0.3, -0.25) is 29.5 Å². The van der Waals surface area contributed by atoms with Crippen molar-refractivity contribution in [2.45, 2.75) is 51.5 Å². The topological polar surface area (TPSA) is 204 Å². The second-order valence-corrected chi connectivity index (χ2v) is 15.6. The molecule has 4 N–H and O–H groups in total. The third-order valence-electron chi connectivity index (χ3n) is 7.78. The monoisotopic (exact) mass is 789 g/mol. The van der Waals surface area contributed by atoms with Crippen LogP contribution in [-0.4, -0.2) is 71.7 Å². The van der Waals surface area contributed by atoms with Gasteiger partial charge in [-0.05, 0) is 90.9 Å². The number of hydrogen-bond donors (Lipinski definition) is 4. The number of carboxylic acid groups (broad SMARTS) is 1. The Labute approximate surface area is 314 Å². The highest BCUT2D eigenvalue weighted by Crippen LogP contribution is 2.46. The molecule has 3 aromatic rings. The Bertz CT molecular complexity index is 1950. The van der Waals surface area contributed by atoms with Crippen molar-refractivity contribution in [1.82, 2.24) is 0 Å². The van der Waals surface area contributed by atoms with Crippen molar-refractivity contribution in [3.05, 3.63) is 80.9 Å². The van der Waals surface area contributed by atoms with Crippen molar-refractivity contribution < 1.29 is 62.1 Å². The van der Waals surface area contributed by atoms with Crippen LogP contribution >= 0.6 is 29.4 Å². The average molecular weight is 790 g/mol. The van der Waals surface area contributed by atoms with E-state index in [0.29, 0.717) is 45.6 Å². The number of hydrogen-bond acceptors (Lipinski definition) is 12. The Balaban J connectivity index is 1.54. The summed E-state index contributed by atoms with van der Waals surface area (Å²) >= 11 is 0. The van der Waals surface area contributed by atoms with Gasteiger partial charge in [0.1, 0.15) is 24.7 Å². The first kappa shape index (κ1) is 41.4. The number of aryl methyl sites for hydroxylation is 2. The van der Waals surface area contributed by atoms with Gasteiger partial charge in [0, 0.05) is 22.6 Å². The summed E-state index contributed by atoms with van der Waals surface area (Å²) in [4.78, 5) is 68.8. The lowest BCUT2D eigenvalue weighted by Gasteiger charge is -2.17. The second-order valence-electron chi connectivity index (χ2n) is 12.0. The van der Waals surface area contributed by atoms with E-state index in [1.807, 2.05) is 12.1 Å². The van der Waals surface area contributed by atoms with Gasteiger partial charge in [0.25, 0.3) is 0 Å². The van der Waals surface area contributed by atoms with Gasteiger partial charge in [-0.15, -0.1) is 0 Å². The number of ketones is 2. The third-order valence-corrected chi connectivity index (χ3v) is 10.7. The minimum atomic E-state index is -4.78. The van der Waals surface area contributed by atoms with Crippen molar-refractivity contribution in [1.29, 1.82) is 0 Å². The molecule has 0 atom stereocenters. The van der Waals surface area contributed by atoms with Gasteiger partial charge in [-0.2, -0.15) is 0 Å². The summed E-state index contributed by atoms with van der Waals surface area (Å²) in [6.07, 6.45) is 1.50. The number of amides is 1. The molecule has 0 saturated carbocycles. The Hall–Kier alpha value is -4.31. The highest BCUT2D eigenvalue weighted by Gasteiger charge is 2.33. The number of anilines is 1. The molecule has 0 spiro atoms. The number of phosphoric ester groups is 1. The van der Waals surface area contributed by atoms with Crippen molar-refractivity contribution in [2.24, 2.45) is 0 Å². The SMILES string of the molecule is COc1cc2c(c(NC(=O)OCc3ccc(SSCCC(=O)O)c(CCOCC(C)=O)c3)c1OC)C(=O)/C(=C/c1cc(C)c(OP(=O)(O)O)c(C)c1)C2. The van der Waals surface area contributed by atoms with Crippen molar-refractivity contribution in [2.75, 3.05) is 38.5 Å². The smallest absolute Gasteiger partial charge is 0.493 e. The first-order valence-corrected chi connectivity index (χ1v) is 20.0. The van der Waals surface area contributed by atoms with Gasteiger partial charge in [0.15, 0.2) is 23.1 Å². The molecule has 14 nitrogen and oxygen atoms in total. The zero-order valence-corrected chi connectivity index (χ0v) is 32.2. The van der Waals surface area contributed by atoms with E-state index >= 15 is 0 Å². The maximum absolute atomic E-state index is 13.9. The number of Topliss-reactive ketones (excluding diaryl/α,β-unsaturated/α-hetero) is 2. The number of carboxylic acids is 1. The molecule has 53 heavy (non-hydrogen) atoms. The molecule has 0 unspecified atom stereocenters. The minimum Gasteiger partial charge on any atom is -0.493 e. The summed E-state index contributed by atoms with van der Waals surface area (Å²) in [6.45, 7) is 4.84. The van der Waals surface area contributed by atoms with E-state index in [1.54, 1.807) is 44.2 Å². The largest absolute Gasteiger partial charge is 0.524 e. The van der Waals surface area contributed by atoms with Gasteiger partial charge < -0.3 is 28.6 Å². The maximum atomic E-state index is 13.9. The summed E-state index contributed by atoms with van der Waals surface area (Å²) in [7, 11) is 0.858. The molecule has 0 bridgehead atoms. The normalized spacial score (nSPS) is 13.1. The molecule has 1 amide bonds. The molecule has 0 radical (unpaired) electrons. The highest BCUT2D eigenvalue weighted by molar-refractivity contribution is 8.76. The van der Waals surface area contributed by atoms with E-state index in [9.17, 15) is 33.5 Å². The lowest BCUT2D eigenvalue weighted by molar-refractivity contribution is -0.136. The van der Waals surface area contributed by atoms with Gasteiger partial charge in [0.2, 0.25) is 0 Å². The van der Waals surface area contributed by atoms with Crippen LogP contribution in [-0.2, 0) is 43.1 Å². The van der Waals surface area contributed by atoms with Crippen LogP contribution in [0.15, 0.2) is 46.9 Å². The molecule has 17 heteroatoms. The summed E-state index contributed by atoms with van der Waals surface area (Å²) in [5.41, 5.74) is 4.32. The van der Waals surface area contributed by atoms with E-state index in [1.165, 1.54) is 42.7 Å². The number of methoxy groups -OCH3 is 2. The van der Waals surface area contributed by atoms with Crippen LogP contribution in [0.4, 0.5) is 10.5 Å². The molecule has 0 aromatic heterocycles. The number of allylic oxidation sites excluding steroid dienone is 1. The minimum absolute atomic E-state index is 0.0142. The molecule has 284 valence electrons. The van der Waals surface area contributed by atoms with Gasteiger partial charge in [0.05, 0.1) is 32.8 Å². The van der Waals surface area contributed by atoms with Crippen LogP contribution in [0.1, 0.15) is 57.1 Å². The van der Waals surface area contributed by atoms with Crippen LogP contribution in [0.5, 0.6) is 17.2 Å². The average Bonchev–Trinajstić information content (AvgIpc) is 3.39. The van der Waals surface area contributed by atoms with Crippen molar-refractivity contribution in [3.8, 4) is 17.2 Å². The Morgan fingerprint density at radius 2 is 1.74 bits per heavy atom. The molecular weight excluding hydrogens is 749 g/mol. The third kappa shape index (κ3) is 11.6. The molecule has 3 aromatic carbocycles. The predicted molar refractivity (Wildman–Crippen MR) is 200 cm³/mol. The highest BCUT2D eigenvalue weighted by atomic mass is 33.1. The number of nitrogens with one attached hydrogen (secondary N) is 1. The maximum Gasteiger partial charge on any atom is 0.524 e. The standard InChI is InChI=1S/C36H40NO13PS2/c1-20-12-24(13-21(2)34(20)50-51(43,44)45)15-27-16-26-17-28(46-4)35(47-5)32(31(26)33(27)41)37-36(42)49-19-23-6-7-29(53-52-11-9-30(39)40)25(14-23)8-10-48-18-22(3)38/h6-7,12-15,17H,8-11,16,18-19H2,1-5H3,(H,37,42)(H,39,40)(H2,43,44,45)/b27-15+. The van der Waals surface area contributed by atoms with E-state index in [0.717, 1.165) is 10.5 Å². The zero-order valence-electron chi connectivity index (χ0n) is 29.7. The van der Waals surface area contributed by atoms with Crippen molar-refractivity contribution >= 4 is 64.8 Å². The fourth-order valence-corrected chi connectivity index (χ4v) is 8.33. The van der Waals surface area contributed by atoms with E-state index < -0.39 is 19.9 Å². The van der Waals surface area contributed by atoms with Gasteiger partial charge >= 0.3 is 19.9 Å². The number of ether oxygens (including phenoxy) is 4. The number of benzene rings is 3. The number of carbonyl (C=O) groups is 4. The fourth-order valence-electron chi connectivity index (χ4n) is 5.58.